The maximum Gasteiger partial charge on any atom is 0.226 e. The monoisotopic (exact) mass is 283 g/mol. The number of thioether (sulfide) groups is 1. The van der Waals surface area contributed by atoms with Gasteiger partial charge < -0.3 is 15.3 Å². The Morgan fingerprint density at radius 1 is 1.39 bits per heavy atom. The van der Waals surface area contributed by atoms with Gasteiger partial charge in [0.2, 0.25) is 5.43 Å². The first kappa shape index (κ1) is 12.9. The highest BCUT2D eigenvalue weighted by atomic mass is 35.5. The van der Waals surface area contributed by atoms with E-state index in [2.05, 4.69) is 0 Å². The summed E-state index contributed by atoms with van der Waals surface area (Å²) in [4.78, 5) is 12.1. The van der Waals surface area contributed by atoms with Gasteiger partial charge in [0.05, 0.1) is 5.75 Å². The highest BCUT2D eigenvalue weighted by Crippen LogP contribution is 2.30. The van der Waals surface area contributed by atoms with Crippen molar-refractivity contribution >= 4 is 29.1 Å². The van der Waals surface area contributed by atoms with E-state index in [9.17, 15) is 4.79 Å². The summed E-state index contributed by atoms with van der Waals surface area (Å²) in [5.74, 6) is 0.522. The van der Waals surface area contributed by atoms with Crippen LogP contribution in [0.4, 0.5) is 5.69 Å². The highest BCUT2D eigenvalue weighted by Gasteiger charge is 2.05. The van der Waals surface area contributed by atoms with E-state index in [-0.39, 0.29) is 0 Å². The highest BCUT2D eigenvalue weighted by molar-refractivity contribution is 7.98. The largest absolute Gasteiger partial charge is 0.502 e. The van der Waals surface area contributed by atoms with E-state index in [4.69, 9.17) is 26.9 Å². The van der Waals surface area contributed by atoms with Crippen LogP contribution in [0.3, 0.4) is 0 Å². The van der Waals surface area contributed by atoms with E-state index in [0.29, 0.717) is 22.2 Å². The summed E-state index contributed by atoms with van der Waals surface area (Å²) in [7, 11) is 0. The summed E-state index contributed by atoms with van der Waals surface area (Å²) in [5, 5.41) is 9.63. The second-order valence-electron chi connectivity index (χ2n) is 3.57. The molecule has 0 aliphatic carbocycles. The lowest BCUT2D eigenvalue weighted by atomic mass is 10.3. The molecule has 0 atom stereocenters. The Labute approximate surface area is 112 Å². The number of halogens is 1. The molecule has 3 N–H and O–H groups in total. The van der Waals surface area contributed by atoms with Gasteiger partial charge in [0.15, 0.2) is 5.75 Å². The van der Waals surface area contributed by atoms with Crippen LogP contribution in [0.5, 0.6) is 5.75 Å². The fourth-order valence-corrected chi connectivity index (χ4v) is 2.34. The van der Waals surface area contributed by atoms with Gasteiger partial charge in [-0.15, -0.1) is 11.8 Å². The quantitative estimate of drug-likeness (QED) is 0.669. The molecule has 18 heavy (non-hydrogen) atoms. The molecule has 1 aromatic heterocycles. The zero-order valence-electron chi connectivity index (χ0n) is 9.22. The summed E-state index contributed by atoms with van der Waals surface area (Å²) in [5.41, 5.74) is 5.92. The molecular formula is C12H10ClNO3S. The van der Waals surface area contributed by atoms with Gasteiger partial charge in [-0.25, -0.2) is 0 Å². The maximum absolute atomic E-state index is 11.2. The summed E-state index contributed by atoms with van der Waals surface area (Å²) >= 11 is 7.22. The lowest BCUT2D eigenvalue weighted by Crippen LogP contribution is -1.99. The van der Waals surface area contributed by atoms with Crippen molar-refractivity contribution in [1.29, 1.82) is 0 Å². The van der Waals surface area contributed by atoms with Crippen LogP contribution in [-0.4, -0.2) is 5.11 Å². The molecular weight excluding hydrogens is 274 g/mol. The number of anilines is 1. The third kappa shape index (κ3) is 3.00. The zero-order chi connectivity index (χ0) is 13.1. The molecule has 0 aliphatic rings. The van der Waals surface area contributed by atoms with Gasteiger partial charge in [-0.3, -0.25) is 4.79 Å². The fraction of sp³-hybridized carbons (Fsp3) is 0.0833. The third-order valence-electron chi connectivity index (χ3n) is 2.21. The van der Waals surface area contributed by atoms with Crippen LogP contribution in [-0.2, 0) is 5.75 Å². The smallest absolute Gasteiger partial charge is 0.226 e. The Balaban J connectivity index is 2.11. The Morgan fingerprint density at radius 2 is 2.17 bits per heavy atom. The number of aromatic hydroxyl groups is 1. The van der Waals surface area contributed by atoms with E-state index in [0.717, 1.165) is 11.2 Å². The average molecular weight is 284 g/mol. The van der Waals surface area contributed by atoms with Gasteiger partial charge in [-0.05, 0) is 18.2 Å². The predicted molar refractivity (Wildman–Crippen MR) is 72.1 cm³/mol. The normalized spacial score (nSPS) is 10.5. The van der Waals surface area contributed by atoms with Crippen LogP contribution in [0, 0.1) is 0 Å². The number of benzene rings is 1. The van der Waals surface area contributed by atoms with Gasteiger partial charge in [0.1, 0.15) is 12.0 Å². The Kier molecular flexibility index (Phi) is 3.84. The van der Waals surface area contributed by atoms with Crippen molar-refractivity contribution < 1.29 is 9.52 Å². The van der Waals surface area contributed by atoms with Crippen LogP contribution in [0.15, 0.2) is 44.6 Å². The minimum atomic E-state index is -0.457. The second-order valence-corrected chi connectivity index (χ2v) is 5.02. The molecule has 6 heteroatoms. The van der Waals surface area contributed by atoms with Gasteiger partial charge in [0.25, 0.3) is 0 Å². The molecule has 4 nitrogen and oxygen atoms in total. The fourth-order valence-electron chi connectivity index (χ4n) is 1.32. The predicted octanol–water partition coefficient (Wildman–Crippen LogP) is 2.87. The Hall–Kier alpha value is -1.59. The molecule has 0 saturated carbocycles. The molecule has 0 saturated heterocycles. The van der Waals surface area contributed by atoms with Gasteiger partial charge in [0, 0.05) is 21.7 Å². The second kappa shape index (κ2) is 5.37. The molecule has 0 unspecified atom stereocenters. The summed E-state index contributed by atoms with van der Waals surface area (Å²) in [6.07, 6.45) is 1.03. The van der Waals surface area contributed by atoms with Crippen LogP contribution >= 0.6 is 23.4 Å². The number of nitrogen functional groups attached to an aromatic ring is 1. The lowest BCUT2D eigenvalue weighted by molar-refractivity contribution is 0.419. The molecule has 0 radical (unpaired) electrons. The first-order valence-corrected chi connectivity index (χ1v) is 6.41. The summed E-state index contributed by atoms with van der Waals surface area (Å²) < 4.78 is 5.09. The van der Waals surface area contributed by atoms with Crippen molar-refractivity contribution in [1.82, 2.24) is 0 Å². The van der Waals surface area contributed by atoms with Crippen LogP contribution in [0.25, 0.3) is 0 Å². The molecule has 0 amide bonds. The number of hydrogen-bond donors (Lipinski definition) is 2. The minimum absolute atomic E-state index is 0.394. The van der Waals surface area contributed by atoms with Gasteiger partial charge in [-0.1, -0.05) is 11.6 Å². The molecule has 1 heterocycles. The Morgan fingerprint density at radius 3 is 2.83 bits per heavy atom. The number of nitrogens with two attached hydrogens (primary N) is 1. The average Bonchev–Trinajstić information content (AvgIpc) is 2.32. The first-order valence-electron chi connectivity index (χ1n) is 5.05. The molecule has 0 bridgehead atoms. The van der Waals surface area contributed by atoms with Crippen molar-refractivity contribution in [2.24, 2.45) is 0 Å². The van der Waals surface area contributed by atoms with Crippen LogP contribution < -0.4 is 11.2 Å². The SMILES string of the molecule is Nc1cc(Cl)ccc1SCc1cc(=O)c(O)co1. The maximum atomic E-state index is 11.2. The molecule has 0 aliphatic heterocycles. The molecule has 0 fully saturated rings. The standard InChI is InChI=1S/C12H10ClNO3S/c13-7-1-2-12(9(14)3-7)18-6-8-4-10(15)11(16)5-17-8/h1-5,16H,6,14H2. The minimum Gasteiger partial charge on any atom is -0.502 e. The summed E-state index contributed by atoms with van der Waals surface area (Å²) in [6.45, 7) is 0. The van der Waals surface area contributed by atoms with Crippen molar-refractivity contribution in [2.75, 3.05) is 5.73 Å². The lowest BCUT2D eigenvalue weighted by Gasteiger charge is -2.05. The van der Waals surface area contributed by atoms with Crippen molar-refractivity contribution in [3.63, 3.8) is 0 Å². The van der Waals surface area contributed by atoms with Crippen LogP contribution in [0.1, 0.15) is 5.76 Å². The molecule has 1 aromatic carbocycles. The topological polar surface area (TPSA) is 76.5 Å². The molecule has 0 spiro atoms. The first-order chi connectivity index (χ1) is 8.56. The van der Waals surface area contributed by atoms with E-state index in [1.54, 1.807) is 18.2 Å². The van der Waals surface area contributed by atoms with Gasteiger partial charge in [-0.2, -0.15) is 0 Å². The summed E-state index contributed by atoms with van der Waals surface area (Å²) in [6, 6.07) is 6.47. The van der Waals surface area contributed by atoms with Gasteiger partial charge >= 0.3 is 0 Å². The third-order valence-corrected chi connectivity index (χ3v) is 3.55. The number of rotatable bonds is 3. The molecule has 2 aromatic rings. The van der Waals surface area contributed by atoms with Crippen molar-refractivity contribution in [2.45, 2.75) is 10.6 Å². The van der Waals surface area contributed by atoms with E-state index >= 15 is 0 Å². The van der Waals surface area contributed by atoms with E-state index in [1.165, 1.54) is 17.8 Å². The molecule has 94 valence electrons. The van der Waals surface area contributed by atoms with Crippen LogP contribution in [0.2, 0.25) is 5.02 Å². The Bertz CT molecular complexity index is 627. The van der Waals surface area contributed by atoms with E-state index in [1.807, 2.05) is 0 Å². The van der Waals surface area contributed by atoms with Crippen molar-refractivity contribution in [3.05, 3.63) is 51.5 Å². The zero-order valence-corrected chi connectivity index (χ0v) is 10.8. The number of hydrogen-bond acceptors (Lipinski definition) is 5. The molecule has 2 rings (SSSR count). The van der Waals surface area contributed by atoms with E-state index < -0.39 is 11.2 Å². The van der Waals surface area contributed by atoms with Crippen molar-refractivity contribution in [3.8, 4) is 5.75 Å².